The molecule has 2 N–H and O–H groups in total. The van der Waals surface area contributed by atoms with Crippen molar-refractivity contribution in [1.82, 2.24) is 15.3 Å². The minimum absolute atomic E-state index is 0.367. The van der Waals surface area contributed by atoms with Crippen LogP contribution in [0.1, 0.15) is 43.2 Å². The van der Waals surface area contributed by atoms with Gasteiger partial charge in [-0.15, -0.1) is 0 Å². The SMILES string of the molecule is CNCc1ccc(CCNc2ncc(Cl)c(N3C=NC4CCCCCC43)n2)cc1. The molecular formula is C22H29ClN6. The van der Waals surface area contributed by atoms with Crippen molar-refractivity contribution in [2.75, 3.05) is 23.8 Å². The van der Waals surface area contributed by atoms with Crippen molar-refractivity contribution in [1.29, 1.82) is 0 Å². The molecule has 0 amide bonds. The van der Waals surface area contributed by atoms with Crippen molar-refractivity contribution in [3.63, 3.8) is 0 Å². The van der Waals surface area contributed by atoms with Crippen LogP contribution in [-0.2, 0) is 13.0 Å². The Morgan fingerprint density at radius 3 is 2.72 bits per heavy atom. The number of hydrogen-bond donors (Lipinski definition) is 2. The third-order valence-electron chi connectivity index (χ3n) is 5.75. The first-order valence-corrected chi connectivity index (χ1v) is 10.9. The fourth-order valence-electron chi connectivity index (χ4n) is 4.19. The van der Waals surface area contributed by atoms with E-state index in [2.05, 4.69) is 44.8 Å². The van der Waals surface area contributed by atoms with Gasteiger partial charge in [-0.2, -0.15) is 4.98 Å². The second-order valence-corrected chi connectivity index (χ2v) is 8.24. The number of nitrogens with one attached hydrogen (secondary N) is 2. The van der Waals surface area contributed by atoms with Crippen LogP contribution in [0.4, 0.5) is 11.8 Å². The van der Waals surface area contributed by atoms with Gasteiger partial charge in [0.15, 0.2) is 5.82 Å². The summed E-state index contributed by atoms with van der Waals surface area (Å²) < 4.78 is 0. The number of hydrogen-bond acceptors (Lipinski definition) is 6. The van der Waals surface area contributed by atoms with Crippen LogP contribution in [0.3, 0.4) is 0 Å². The Labute approximate surface area is 177 Å². The van der Waals surface area contributed by atoms with Crippen molar-refractivity contribution < 1.29 is 0 Å². The van der Waals surface area contributed by atoms with E-state index >= 15 is 0 Å². The average Bonchev–Trinajstić information content (AvgIpc) is 2.98. The molecule has 2 atom stereocenters. The molecule has 1 fully saturated rings. The summed E-state index contributed by atoms with van der Waals surface area (Å²) in [5.41, 5.74) is 2.58. The predicted octanol–water partition coefficient (Wildman–Crippen LogP) is 4.05. The largest absolute Gasteiger partial charge is 0.354 e. The average molecular weight is 413 g/mol. The van der Waals surface area contributed by atoms with Gasteiger partial charge in [-0.3, -0.25) is 4.99 Å². The summed E-state index contributed by atoms with van der Waals surface area (Å²) in [6.45, 7) is 1.66. The van der Waals surface area contributed by atoms with Gasteiger partial charge in [-0.1, -0.05) is 55.1 Å². The van der Waals surface area contributed by atoms with E-state index in [1.54, 1.807) is 6.20 Å². The van der Waals surface area contributed by atoms with E-state index in [1.807, 2.05) is 13.4 Å². The molecule has 0 saturated heterocycles. The fourth-order valence-corrected chi connectivity index (χ4v) is 4.38. The van der Waals surface area contributed by atoms with Gasteiger partial charge in [0.1, 0.15) is 5.02 Å². The van der Waals surface area contributed by atoms with Crippen LogP contribution in [0.25, 0.3) is 0 Å². The maximum absolute atomic E-state index is 6.46. The second-order valence-electron chi connectivity index (χ2n) is 7.83. The lowest BCUT2D eigenvalue weighted by molar-refractivity contribution is 0.528. The summed E-state index contributed by atoms with van der Waals surface area (Å²) in [5, 5.41) is 7.09. The van der Waals surface area contributed by atoms with Gasteiger partial charge in [0.25, 0.3) is 0 Å². The summed E-state index contributed by atoms with van der Waals surface area (Å²) in [7, 11) is 1.96. The molecule has 2 unspecified atom stereocenters. The number of rotatable bonds is 7. The second kappa shape index (κ2) is 9.55. The summed E-state index contributed by atoms with van der Waals surface area (Å²) in [6, 6.07) is 9.42. The Morgan fingerprint density at radius 1 is 1.10 bits per heavy atom. The Kier molecular flexibility index (Phi) is 6.62. The van der Waals surface area contributed by atoms with E-state index in [-0.39, 0.29) is 0 Å². The van der Waals surface area contributed by atoms with Gasteiger partial charge in [-0.25, -0.2) is 4.98 Å². The third-order valence-corrected chi connectivity index (χ3v) is 6.02. The maximum Gasteiger partial charge on any atom is 0.224 e. The number of benzene rings is 1. The normalized spacial score (nSPS) is 21.1. The lowest BCUT2D eigenvalue weighted by Gasteiger charge is -2.26. The third kappa shape index (κ3) is 4.87. The topological polar surface area (TPSA) is 65.4 Å². The first-order chi connectivity index (χ1) is 14.2. The number of aliphatic imine (C=N–C) groups is 1. The summed E-state index contributed by atoms with van der Waals surface area (Å²) in [4.78, 5) is 16.0. The highest BCUT2D eigenvalue weighted by atomic mass is 35.5. The quantitative estimate of drug-likeness (QED) is 0.718. The Balaban J connectivity index is 1.39. The molecule has 0 spiro atoms. The minimum atomic E-state index is 0.367. The van der Waals surface area contributed by atoms with E-state index in [4.69, 9.17) is 21.6 Å². The van der Waals surface area contributed by atoms with Gasteiger partial charge in [0.2, 0.25) is 5.95 Å². The van der Waals surface area contributed by atoms with Crippen LogP contribution in [0.15, 0.2) is 35.5 Å². The Hall–Kier alpha value is -2.18. The minimum Gasteiger partial charge on any atom is -0.354 e. The highest BCUT2D eigenvalue weighted by Gasteiger charge is 2.34. The smallest absolute Gasteiger partial charge is 0.224 e. The number of nitrogens with zero attached hydrogens (tertiary/aromatic N) is 4. The molecule has 7 heteroatoms. The van der Waals surface area contributed by atoms with Crippen LogP contribution >= 0.6 is 11.6 Å². The van der Waals surface area contributed by atoms with Crippen LogP contribution in [0.5, 0.6) is 0 Å². The Morgan fingerprint density at radius 2 is 1.90 bits per heavy atom. The molecule has 2 aliphatic rings. The van der Waals surface area contributed by atoms with Crippen LogP contribution < -0.4 is 15.5 Å². The molecule has 1 aromatic heterocycles. The number of aromatic nitrogens is 2. The summed E-state index contributed by atoms with van der Waals surface area (Å²) >= 11 is 6.46. The molecule has 0 bridgehead atoms. The predicted molar refractivity (Wildman–Crippen MR) is 120 cm³/mol. The molecule has 1 saturated carbocycles. The zero-order valence-corrected chi connectivity index (χ0v) is 17.7. The summed E-state index contributed by atoms with van der Waals surface area (Å²) in [6.07, 6.45) is 10.6. The van der Waals surface area contributed by atoms with Gasteiger partial charge in [0.05, 0.1) is 24.6 Å². The lowest BCUT2D eigenvalue weighted by Crippen LogP contribution is -2.36. The molecule has 1 aliphatic heterocycles. The number of halogens is 1. The van der Waals surface area contributed by atoms with E-state index in [0.717, 1.165) is 38.2 Å². The molecule has 6 nitrogen and oxygen atoms in total. The monoisotopic (exact) mass is 412 g/mol. The van der Waals surface area contributed by atoms with E-state index < -0.39 is 0 Å². The van der Waals surface area contributed by atoms with Crippen LogP contribution in [0, 0.1) is 0 Å². The maximum atomic E-state index is 6.46. The molecule has 4 rings (SSSR count). The van der Waals surface area contributed by atoms with E-state index in [1.165, 1.54) is 30.4 Å². The fraction of sp³-hybridized carbons (Fsp3) is 0.500. The standard InChI is InChI=1S/C22H29ClN6/c1-24-13-17-9-7-16(8-10-17)11-12-25-22-26-14-18(23)21(28-22)29-15-27-19-5-3-2-4-6-20(19)29/h7-10,14-15,19-20,24H,2-6,11-13H2,1H3,(H,25,26,28). The van der Waals surface area contributed by atoms with Crippen molar-refractivity contribution in [2.24, 2.45) is 4.99 Å². The van der Waals surface area contributed by atoms with Crippen molar-refractivity contribution in [3.05, 3.63) is 46.6 Å². The molecule has 1 aliphatic carbocycles. The van der Waals surface area contributed by atoms with Gasteiger partial charge >= 0.3 is 0 Å². The van der Waals surface area contributed by atoms with E-state index in [0.29, 0.717) is 23.1 Å². The number of fused-ring (bicyclic) bond motifs is 1. The zero-order chi connectivity index (χ0) is 20.1. The first kappa shape index (κ1) is 20.1. The molecule has 29 heavy (non-hydrogen) atoms. The van der Waals surface area contributed by atoms with Gasteiger partial charge in [-0.05, 0) is 37.4 Å². The highest BCUT2D eigenvalue weighted by molar-refractivity contribution is 6.33. The zero-order valence-electron chi connectivity index (χ0n) is 16.9. The van der Waals surface area contributed by atoms with Crippen molar-refractivity contribution >= 4 is 29.7 Å². The highest BCUT2D eigenvalue weighted by Crippen LogP contribution is 2.33. The molecule has 1 aromatic carbocycles. The summed E-state index contributed by atoms with van der Waals surface area (Å²) in [5.74, 6) is 1.38. The molecule has 2 heterocycles. The first-order valence-electron chi connectivity index (χ1n) is 10.5. The molecular weight excluding hydrogens is 384 g/mol. The molecule has 154 valence electrons. The lowest BCUT2D eigenvalue weighted by atomic mass is 10.0. The van der Waals surface area contributed by atoms with Crippen molar-refractivity contribution in [3.8, 4) is 0 Å². The van der Waals surface area contributed by atoms with E-state index in [9.17, 15) is 0 Å². The molecule has 0 radical (unpaired) electrons. The Bertz CT molecular complexity index is 838. The van der Waals surface area contributed by atoms with Crippen LogP contribution in [0.2, 0.25) is 5.02 Å². The van der Waals surface area contributed by atoms with Crippen molar-refractivity contribution in [2.45, 2.75) is 57.2 Å². The van der Waals surface area contributed by atoms with Gasteiger partial charge in [0, 0.05) is 13.1 Å². The molecule has 2 aromatic rings. The van der Waals surface area contributed by atoms with Gasteiger partial charge < -0.3 is 15.5 Å². The van der Waals surface area contributed by atoms with Crippen LogP contribution in [-0.4, -0.2) is 42.0 Å². The number of anilines is 2.